The van der Waals surface area contributed by atoms with E-state index in [1.54, 1.807) is 7.11 Å². The van der Waals surface area contributed by atoms with Gasteiger partial charge in [0.2, 0.25) is 0 Å². The molecule has 0 amide bonds. The molecule has 0 aliphatic heterocycles. The van der Waals surface area contributed by atoms with Gasteiger partial charge in [0, 0.05) is 12.1 Å². The number of benzene rings is 1. The van der Waals surface area contributed by atoms with Crippen LogP contribution in [0, 0.1) is 0 Å². The molecule has 0 saturated heterocycles. The quantitative estimate of drug-likeness (QED) is 0.720. The summed E-state index contributed by atoms with van der Waals surface area (Å²) in [5.74, 6) is 0.890. The van der Waals surface area contributed by atoms with Crippen molar-refractivity contribution in [2.45, 2.75) is 39.4 Å². The molecule has 0 bridgehead atoms. The van der Waals surface area contributed by atoms with Crippen LogP contribution in [0.3, 0.4) is 0 Å². The highest BCUT2D eigenvalue weighted by Gasteiger charge is 2.17. The van der Waals surface area contributed by atoms with E-state index >= 15 is 0 Å². The van der Waals surface area contributed by atoms with Gasteiger partial charge in [-0.3, -0.25) is 0 Å². The molecule has 0 aliphatic carbocycles. The molecule has 3 nitrogen and oxygen atoms in total. The zero-order chi connectivity index (χ0) is 13.4. The maximum Gasteiger partial charge on any atom is 0.124 e. The van der Waals surface area contributed by atoms with Gasteiger partial charge in [0.05, 0.1) is 19.3 Å². The van der Waals surface area contributed by atoms with Crippen LogP contribution >= 0.6 is 0 Å². The van der Waals surface area contributed by atoms with Crippen molar-refractivity contribution in [1.82, 2.24) is 5.32 Å². The molecule has 1 N–H and O–H groups in total. The van der Waals surface area contributed by atoms with Gasteiger partial charge in [-0.1, -0.05) is 25.1 Å². The Hall–Kier alpha value is -1.06. The van der Waals surface area contributed by atoms with Gasteiger partial charge < -0.3 is 14.8 Å². The third-order valence-electron chi connectivity index (χ3n) is 2.68. The highest BCUT2D eigenvalue weighted by atomic mass is 16.5. The lowest BCUT2D eigenvalue weighted by molar-refractivity contribution is 0.00605. The van der Waals surface area contributed by atoms with E-state index in [1.807, 2.05) is 18.2 Å². The molecule has 18 heavy (non-hydrogen) atoms. The van der Waals surface area contributed by atoms with Crippen LogP contribution in [0.15, 0.2) is 24.3 Å². The minimum atomic E-state index is 0.0349. The predicted octanol–water partition coefficient (Wildman–Crippen LogP) is 3.16. The summed E-state index contributed by atoms with van der Waals surface area (Å²) in [5.41, 5.74) is 1.11. The molecule has 0 aliphatic rings. The second-order valence-corrected chi connectivity index (χ2v) is 4.62. The molecular weight excluding hydrogens is 226 g/mol. The van der Waals surface area contributed by atoms with Crippen LogP contribution in [0.25, 0.3) is 0 Å². The molecule has 1 aromatic rings. The summed E-state index contributed by atoms with van der Waals surface area (Å²) in [6.07, 6.45) is 1.36. The molecular formula is C15H25NO2. The third kappa shape index (κ3) is 4.67. The number of nitrogens with one attached hydrogen (secondary N) is 1. The Morgan fingerprint density at radius 1 is 1.22 bits per heavy atom. The topological polar surface area (TPSA) is 30.5 Å². The van der Waals surface area contributed by atoms with Crippen molar-refractivity contribution in [3.63, 3.8) is 0 Å². The minimum absolute atomic E-state index is 0.0349. The average molecular weight is 251 g/mol. The van der Waals surface area contributed by atoms with Crippen LogP contribution in [0.5, 0.6) is 5.75 Å². The number of hydrogen-bond acceptors (Lipinski definition) is 3. The summed E-state index contributed by atoms with van der Waals surface area (Å²) >= 11 is 0. The zero-order valence-corrected chi connectivity index (χ0v) is 11.9. The monoisotopic (exact) mass is 251 g/mol. The fourth-order valence-electron chi connectivity index (χ4n) is 1.90. The van der Waals surface area contributed by atoms with Crippen molar-refractivity contribution in [2.24, 2.45) is 0 Å². The van der Waals surface area contributed by atoms with E-state index in [0.717, 1.165) is 30.8 Å². The number of para-hydroxylation sites is 1. The number of methoxy groups -OCH3 is 1. The lowest BCUT2D eigenvalue weighted by Crippen LogP contribution is -2.26. The van der Waals surface area contributed by atoms with Crippen molar-refractivity contribution >= 4 is 0 Å². The second kappa shape index (κ2) is 8.11. The highest BCUT2D eigenvalue weighted by molar-refractivity contribution is 5.35. The standard InChI is InChI=1S/C15H25NO2/c1-5-10-16-11-15(18-12(2)3)13-8-6-7-9-14(13)17-4/h6-9,12,15-16H,5,10-11H2,1-4H3. The van der Waals surface area contributed by atoms with E-state index in [2.05, 4.69) is 32.2 Å². The van der Waals surface area contributed by atoms with Crippen LogP contribution in [0.2, 0.25) is 0 Å². The summed E-state index contributed by atoms with van der Waals surface area (Å²) in [5, 5.41) is 3.41. The Bertz CT molecular complexity index is 339. The summed E-state index contributed by atoms with van der Waals surface area (Å²) in [6.45, 7) is 8.10. The van der Waals surface area contributed by atoms with E-state index in [0.29, 0.717) is 0 Å². The van der Waals surface area contributed by atoms with Crippen LogP contribution < -0.4 is 10.1 Å². The zero-order valence-electron chi connectivity index (χ0n) is 11.9. The van der Waals surface area contributed by atoms with Crippen LogP contribution in [-0.4, -0.2) is 26.3 Å². The van der Waals surface area contributed by atoms with Gasteiger partial charge in [-0.15, -0.1) is 0 Å². The fourth-order valence-corrected chi connectivity index (χ4v) is 1.90. The van der Waals surface area contributed by atoms with Gasteiger partial charge in [-0.2, -0.15) is 0 Å². The van der Waals surface area contributed by atoms with E-state index < -0.39 is 0 Å². The smallest absolute Gasteiger partial charge is 0.124 e. The van der Waals surface area contributed by atoms with Gasteiger partial charge >= 0.3 is 0 Å². The molecule has 1 aromatic carbocycles. The molecule has 0 radical (unpaired) electrons. The normalized spacial score (nSPS) is 12.7. The van der Waals surface area contributed by atoms with E-state index in [9.17, 15) is 0 Å². The summed E-state index contributed by atoms with van der Waals surface area (Å²) in [7, 11) is 1.70. The van der Waals surface area contributed by atoms with E-state index in [1.165, 1.54) is 0 Å². The van der Waals surface area contributed by atoms with Gasteiger partial charge in [-0.05, 0) is 32.9 Å². The first-order valence-corrected chi connectivity index (χ1v) is 6.68. The lowest BCUT2D eigenvalue weighted by Gasteiger charge is -2.23. The Labute approximate surface area is 110 Å². The SMILES string of the molecule is CCCNCC(OC(C)C)c1ccccc1OC. The van der Waals surface area contributed by atoms with Crippen molar-refractivity contribution < 1.29 is 9.47 Å². The van der Waals surface area contributed by atoms with Crippen molar-refractivity contribution in [3.05, 3.63) is 29.8 Å². The van der Waals surface area contributed by atoms with Gasteiger partial charge in [0.1, 0.15) is 5.75 Å². The summed E-state index contributed by atoms with van der Waals surface area (Å²) in [4.78, 5) is 0. The Morgan fingerprint density at radius 3 is 2.56 bits per heavy atom. The summed E-state index contributed by atoms with van der Waals surface area (Å²) in [6, 6.07) is 8.05. The molecule has 0 saturated carbocycles. The molecule has 0 spiro atoms. The molecule has 3 heteroatoms. The number of ether oxygens (including phenoxy) is 2. The van der Waals surface area contributed by atoms with E-state index in [-0.39, 0.29) is 12.2 Å². The van der Waals surface area contributed by atoms with Crippen molar-refractivity contribution in [2.75, 3.05) is 20.2 Å². The number of hydrogen-bond donors (Lipinski definition) is 1. The largest absolute Gasteiger partial charge is 0.496 e. The minimum Gasteiger partial charge on any atom is -0.496 e. The Balaban J connectivity index is 2.79. The fraction of sp³-hybridized carbons (Fsp3) is 0.600. The van der Waals surface area contributed by atoms with Gasteiger partial charge in [0.25, 0.3) is 0 Å². The predicted molar refractivity (Wildman–Crippen MR) is 75.1 cm³/mol. The Kier molecular flexibility index (Phi) is 6.76. The molecule has 1 unspecified atom stereocenters. The molecule has 1 atom stereocenters. The van der Waals surface area contributed by atoms with Crippen molar-refractivity contribution in [1.29, 1.82) is 0 Å². The molecule has 102 valence electrons. The Morgan fingerprint density at radius 2 is 1.94 bits per heavy atom. The number of rotatable bonds is 8. The average Bonchev–Trinajstić information content (AvgIpc) is 2.37. The molecule has 1 rings (SSSR count). The first-order valence-electron chi connectivity index (χ1n) is 6.68. The first-order chi connectivity index (χ1) is 8.69. The maximum atomic E-state index is 5.98. The van der Waals surface area contributed by atoms with Gasteiger partial charge in [0.15, 0.2) is 0 Å². The highest BCUT2D eigenvalue weighted by Crippen LogP contribution is 2.27. The van der Waals surface area contributed by atoms with Crippen LogP contribution in [-0.2, 0) is 4.74 Å². The van der Waals surface area contributed by atoms with E-state index in [4.69, 9.17) is 9.47 Å². The lowest BCUT2D eigenvalue weighted by atomic mass is 10.1. The first kappa shape index (κ1) is 15.0. The summed E-state index contributed by atoms with van der Waals surface area (Å²) < 4.78 is 11.4. The van der Waals surface area contributed by atoms with Crippen LogP contribution in [0.1, 0.15) is 38.9 Å². The van der Waals surface area contributed by atoms with Gasteiger partial charge in [-0.25, -0.2) is 0 Å². The maximum absolute atomic E-state index is 5.98. The third-order valence-corrected chi connectivity index (χ3v) is 2.68. The molecule has 0 aromatic heterocycles. The van der Waals surface area contributed by atoms with Crippen LogP contribution in [0.4, 0.5) is 0 Å². The van der Waals surface area contributed by atoms with Crippen molar-refractivity contribution in [3.8, 4) is 5.75 Å². The molecule has 0 heterocycles. The molecule has 0 fully saturated rings. The second-order valence-electron chi connectivity index (χ2n) is 4.62.